The van der Waals surface area contributed by atoms with E-state index in [0.717, 1.165) is 22.4 Å². The number of anilines is 1. The predicted octanol–water partition coefficient (Wildman–Crippen LogP) is 4.62. The fourth-order valence-corrected chi connectivity index (χ4v) is 5.13. The number of rotatable bonds is 4. The van der Waals surface area contributed by atoms with Gasteiger partial charge < -0.3 is 5.32 Å². The second kappa shape index (κ2) is 6.21. The Morgan fingerprint density at radius 3 is 2.87 bits per heavy atom. The Morgan fingerprint density at radius 2 is 2.13 bits per heavy atom. The summed E-state index contributed by atoms with van der Waals surface area (Å²) in [5.74, 6) is 2.25. The molecule has 120 valence electrons. The number of carbonyl (C=O) groups excluding carboxylic acids is 1. The Hall–Kier alpha value is -1.46. The Balaban J connectivity index is 1.40. The first-order valence-electron chi connectivity index (χ1n) is 8.07. The molecule has 6 heteroatoms. The highest BCUT2D eigenvalue weighted by molar-refractivity contribution is 7.18. The van der Waals surface area contributed by atoms with E-state index in [-0.39, 0.29) is 5.91 Å². The molecule has 2 saturated carbocycles. The molecule has 23 heavy (non-hydrogen) atoms. The molecule has 0 aliphatic heterocycles. The van der Waals surface area contributed by atoms with Gasteiger partial charge in [-0.1, -0.05) is 47.6 Å². The number of nitrogens with zero attached hydrogens (tertiary/aromatic N) is 2. The summed E-state index contributed by atoms with van der Waals surface area (Å²) >= 11 is 7.54. The largest absolute Gasteiger partial charge is 0.301 e. The lowest BCUT2D eigenvalue weighted by atomic mass is 9.86. The van der Waals surface area contributed by atoms with Crippen LogP contribution in [0.4, 0.5) is 5.13 Å². The first-order chi connectivity index (χ1) is 11.2. The lowest BCUT2D eigenvalue weighted by Gasteiger charge is -2.20. The van der Waals surface area contributed by atoms with Gasteiger partial charge in [0, 0.05) is 12.0 Å². The van der Waals surface area contributed by atoms with Crippen molar-refractivity contribution >= 4 is 34.0 Å². The topological polar surface area (TPSA) is 54.9 Å². The molecule has 0 unspecified atom stereocenters. The van der Waals surface area contributed by atoms with Crippen LogP contribution >= 0.6 is 22.9 Å². The minimum Gasteiger partial charge on any atom is -0.301 e. The van der Waals surface area contributed by atoms with Gasteiger partial charge in [0.25, 0.3) is 0 Å². The summed E-state index contributed by atoms with van der Waals surface area (Å²) in [6, 6.07) is 7.52. The highest BCUT2D eigenvalue weighted by Crippen LogP contribution is 2.49. The first kappa shape index (κ1) is 15.1. The number of aromatic nitrogens is 2. The van der Waals surface area contributed by atoms with Crippen molar-refractivity contribution in [2.24, 2.45) is 17.8 Å². The number of halogens is 1. The van der Waals surface area contributed by atoms with Crippen molar-refractivity contribution in [3.63, 3.8) is 0 Å². The van der Waals surface area contributed by atoms with Crippen molar-refractivity contribution in [1.82, 2.24) is 10.2 Å². The van der Waals surface area contributed by atoms with E-state index in [4.69, 9.17) is 11.6 Å². The summed E-state index contributed by atoms with van der Waals surface area (Å²) in [7, 11) is 0. The zero-order chi connectivity index (χ0) is 15.8. The van der Waals surface area contributed by atoms with Crippen LogP contribution in [0.5, 0.6) is 0 Å². The summed E-state index contributed by atoms with van der Waals surface area (Å²) < 4.78 is 0. The SMILES string of the molecule is O=C(C[C@H]1C[C@@H]2CC[C@H]1C2)Nc1nnc(-c2ccccc2Cl)s1. The van der Waals surface area contributed by atoms with Crippen LogP contribution in [-0.2, 0) is 4.79 Å². The standard InChI is InChI=1S/C17H18ClN3OS/c18-14-4-2-1-3-13(14)16-20-21-17(23-16)19-15(22)9-12-8-10-5-6-11(12)7-10/h1-4,10-12H,5-9H2,(H,19,21,22)/t10-,11+,12-/m1/s1. The summed E-state index contributed by atoms with van der Waals surface area (Å²) in [5.41, 5.74) is 0.847. The maximum Gasteiger partial charge on any atom is 0.226 e. The quantitative estimate of drug-likeness (QED) is 0.877. The number of carbonyl (C=O) groups is 1. The van der Waals surface area contributed by atoms with E-state index in [1.807, 2.05) is 24.3 Å². The van der Waals surface area contributed by atoms with Gasteiger partial charge in [0.1, 0.15) is 0 Å². The molecule has 3 atom stereocenters. The average molecular weight is 348 g/mol. The lowest BCUT2D eigenvalue weighted by Crippen LogP contribution is -2.20. The monoisotopic (exact) mass is 347 g/mol. The number of benzene rings is 1. The van der Waals surface area contributed by atoms with Crippen molar-refractivity contribution < 1.29 is 4.79 Å². The summed E-state index contributed by atoms with van der Waals surface area (Å²) in [4.78, 5) is 12.3. The molecule has 1 N–H and O–H groups in total. The molecule has 4 rings (SSSR count). The summed E-state index contributed by atoms with van der Waals surface area (Å²) in [5, 5.41) is 13.0. The smallest absolute Gasteiger partial charge is 0.226 e. The van der Waals surface area contributed by atoms with Gasteiger partial charge in [0.15, 0.2) is 5.01 Å². The number of fused-ring (bicyclic) bond motifs is 2. The number of hydrogen-bond acceptors (Lipinski definition) is 4. The van der Waals surface area contributed by atoms with Gasteiger partial charge in [0.2, 0.25) is 11.0 Å². The van der Waals surface area contributed by atoms with Crippen LogP contribution in [0.2, 0.25) is 5.02 Å². The molecular formula is C17H18ClN3OS. The third kappa shape index (κ3) is 3.12. The fraction of sp³-hybridized carbons (Fsp3) is 0.471. The minimum absolute atomic E-state index is 0.0596. The van der Waals surface area contributed by atoms with Crippen LogP contribution < -0.4 is 5.32 Å². The van der Waals surface area contributed by atoms with E-state index in [9.17, 15) is 4.79 Å². The van der Waals surface area contributed by atoms with Crippen molar-refractivity contribution in [3.8, 4) is 10.6 Å². The average Bonchev–Trinajstić information content (AvgIpc) is 3.24. The molecule has 2 aliphatic rings. The van der Waals surface area contributed by atoms with Gasteiger partial charge in [-0.25, -0.2) is 0 Å². The van der Waals surface area contributed by atoms with Gasteiger partial charge in [-0.05, 0) is 43.1 Å². The maximum absolute atomic E-state index is 12.3. The van der Waals surface area contributed by atoms with Gasteiger partial charge in [-0.2, -0.15) is 0 Å². The minimum atomic E-state index is 0.0596. The van der Waals surface area contributed by atoms with E-state index in [2.05, 4.69) is 15.5 Å². The van der Waals surface area contributed by atoms with Gasteiger partial charge in [-0.3, -0.25) is 4.79 Å². The molecule has 1 amide bonds. The molecule has 0 spiro atoms. The van der Waals surface area contributed by atoms with Gasteiger partial charge in [0.05, 0.1) is 5.02 Å². The number of hydrogen-bond donors (Lipinski definition) is 1. The molecule has 2 aliphatic carbocycles. The Labute approximate surface area is 144 Å². The van der Waals surface area contributed by atoms with Crippen LogP contribution in [0.15, 0.2) is 24.3 Å². The number of amides is 1. The van der Waals surface area contributed by atoms with Gasteiger partial charge >= 0.3 is 0 Å². The predicted molar refractivity (Wildman–Crippen MR) is 92.5 cm³/mol. The second-order valence-electron chi connectivity index (χ2n) is 6.58. The van der Waals surface area contributed by atoms with E-state index in [1.165, 1.54) is 37.0 Å². The summed E-state index contributed by atoms with van der Waals surface area (Å²) in [6.07, 6.45) is 5.83. The molecule has 4 nitrogen and oxygen atoms in total. The van der Waals surface area contributed by atoms with Crippen LogP contribution in [0, 0.1) is 17.8 Å². The maximum atomic E-state index is 12.3. The molecule has 0 saturated heterocycles. The van der Waals surface area contributed by atoms with Crippen LogP contribution in [-0.4, -0.2) is 16.1 Å². The molecule has 2 aromatic rings. The zero-order valence-electron chi connectivity index (χ0n) is 12.7. The molecule has 1 aromatic heterocycles. The van der Waals surface area contributed by atoms with Crippen molar-refractivity contribution in [3.05, 3.63) is 29.3 Å². The lowest BCUT2D eigenvalue weighted by molar-refractivity contribution is -0.117. The molecule has 2 fully saturated rings. The molecule has 2 bridgehead atoms. The zero-order valence-corrected chi connectivity index (χ0v) is 14.2. The van der Waals surface area contributed by atoms with E-state index in [1.54, 1.807) is 0 Å². The third-order valence-corrected chi connectivity index (χ3v) is 6.31. The van der Waals surface area contributed by atoms with Crippen LogP contribution in [0.3, 0.4) is 0 Å². The van der Waals surface area contributed by atoms with E-state index < -0.39 is 0 Å². The molecule has 1 heterocycles. The van der Waals surface area contributed by atoms with E-state index >= 15 is 0 Å². The number of nitrogens with one attached hydrogen (secondary N) is 1. The van der Waals surface area contributed by atoms with Crippen LogP contribution in [0.25, 0.3) is 10.6 Å². The molecule has 0 radical (unpaired) electrons. The normalized spacial score (nSPS) is 25.7. The Kier molecular flexibility index (Phi) is 4.07. The van der Waals surface area contributed by atoms with Crippen LogP contribution in [0.1, 0.15) is 32.1 Å². The highest BCUT2D eigenvalue weighted by Gasteiger charge is 2.40. The van der Waals surface area contributed by atoms with Crippen molar-refractivity contribution in [1.29, 1.82) is 0 Å². The highest BCUT2D eigenvalue weighted by atomic mass is 35.5. The second-order valence-corrected chi connectivity index (χ2v) is 7.96. The van der Waals surface area contributed by atoms with Crippen molar-refractivity contribution in [2.75, 3.05) is 5.32 Å². The third-order valence-electron chi connectivity index (χ3n) is 5.11. The first-order valence-corrected chi connectivity index (χ1v) is 9.27. The fourth-order valence-electron chi connectivity index (χ4n) is 4.05. The Bertz CT molecular complexity index is 732. The molecular weight excluding hydrogens is 330 g/mol. The van der Waals surface area contributed by atoms with E-state index in [0.29, 0.717) is 22.5 Å². The van der Waals surface area contributed by atoms with Gasteiger partial charge in [-0.15, -0.1) is 10.2 Å². The summed E-state index contributed by atoms with van der Waals surface area (Å²) in [6.45, 7) is 0. The Morgan fingerprint density at radius 1 is 1.26 bits per heavy atom. The van der Waals surface area contributed by atoms with Crippen molar-refractivity contribution in [2.45, 2.75) is 32.1 Å². The molecule has 1 aromatic carbocycles.